The van der Waals surface area contributed by atoms with E-state index in [1.165, 1.54) is 0 Å². The molecule has 0 fully saturated rings. The first kappa shape index (κ1) is 17.6. The maximum Gasteiger partial charge on any atom is 0.166 e. The van der Waals surface area contributed by atoms with Crippen molar-refractivity contribution >= 4 is 17.3 Å². The van der Waals surface area contributed by atoms with Crippen LogP contribution in [0.4, 0.5) is 0 Å². The highest BCUT2D eigenvalue weighted by Gasteiger charge is 2.20. The Morgan fingerprint density at radius 1 is 1.11 bits per heavy atom. The highest BCUT2D eigenvalue weighted by molar-refractivity contribution is 7.80. The number of thiocarbonyl (C=S) groups is 1. The van der Waals surface area contributed by atoms with Crippen molar-refractivity contribution in [3.63, 3.8) is 0 Å². The molecular formula is C13H29N3OS. The third-order valence-corrected chi connectivity index (χ3v) is 3.48. The molecule has 0 atom stereocenters. The summed E-state index contributed by atoms with van der Waals surface area (Å²) in [4.78, 5) is 0. The van der Waals surface area contributed by atoms with Crippen LogP contribution >= 0.6 is 12.2 Å². The molecule has 108 valence electrons. The SMILES string of the molecule is CNC(=S)NCCC(C)(C)OCCC(C)(C)NC. The Morgan fingerprint density at radius 2 is 1.72 bits per heavy atom. The van der Waals surface area contributed by atoms with Crippen molar-refractivity contribution in [3.05, 3.63) is 0 Å². The van der Waals surface area contributed by atoms with E-state index in [0.29, 0.717) is 5.11 Å². The minimum absolute atomic E-state index is 0.125. The second-order valence-corrected chi connectivity index (χ2v) is 6.16. The summed E-state index contributed by atoms with van der Waals surface area (Å²) in [6.07, 6.45) is 1.92. The molecular weight excluding hydrogens is 246 g/mol. The zero-order chi connectivity index (χ0) is 14.2. The van der Waals surface area contributed by atoms with E-state index in [1.807, 2.05) is 14.1 Å². The van der Waals surface area contributed by atoms with E-state index < -0.39 is 0 Å². The van der Waals surface area contributed by atoms with Crippen LogP contribution in [0.25, 0.3) is 0 Å². The molecule has 3 N–H and O–H groups in total. The molecule has 5 heteroatoms. The zero-order valence-electron chi connectivity index (χ0n) is 12.6. The molecule has 0 unspecified atom stereocenters. The minimum Gasteiger partial charge on any atom is -0.375 e. The molecule has 0 spiro atoms. The van der Waals surface area contributed by atoms with Gasteiger partial charge in [0, 0.05) is 25.7 Å². The molecule has 18 heavy (non-hydrogen) atoms. The minimum atomic E-state index is -0.125. The van der Waals surface area contributed by atoms with Crippen molar-refractivity contribution in [3.8, 4) is 0 Å². The molecule has 0 aromatic carbocycles. The van der Waals surface area contributed by atoms with E-state index in [2.05, 4.69) is 43.6 Å². The van der Waals surface area contributed by atoms with Gasteiger partial charge in [-0.3, -0.25) is 0 Å². The molecule has 0 radical (unpaired) electrons. The van der Waals surface area contributed by atoms with Crippen LogP contribution in [-0.4, -0.2) is 43.5 Å². The molecule has 0 aliphatic carbocycles. The summed E-state index contributed by atoms with van der Waals surface area (Å²) < 4.78 is 5.94. The third kappa shape index (κ3) is 8.66. The van der Waals surface area contributed by atoms with Crippen LogP contribution in [-0.2, 0) is 4.74 Å². The predicted octanol–water partition coefficient (Wildman–Crippen LogP) is 1.65. The highest BCUT2D eigenvalue weighted by Crippen LogP contribution is 2.16. The molecule has 0 aromatic heterocycles. The number of ether oxygens (including phenoxy) is 1. The van der Waals surface area contributed by atoms with E-state index in [-0.39, 0.29) is 11.1 Å². The Hall–Kier alpha value is -0.390. The zero-order valence-corrected chi connectivity index (χ0v) is 13.5. The molecule has 0 bridgehead atoms. The van der Waals surface area contributed by atoms with Crippen molar-refractivity contribution < 1.29 is 4.74 Å². The fourth-order valence-electron chi connectivity index (χ4n) is 1.35. The molecule has 4 nitrogen and oxygen atoms in total. The molecule has 0 saturated carbocycles. The molecule has 0 aliphatic rings. The fraction of sp³-hybridized carbons (Fsp3) is 0.923. The summed E-state index contributed by atoms with van der Waals surface area (Å²) in [5.41, 5.74) is 0.00219. The summed E-state index contributed by atoms with van der Waals surface area (Å²) in [6, 6.07) is 0. The summed E-state index contributed by atoms with van der Waals surface area (Å²) in [5, 5.41) is 9.99. The van der Waals surface area contributed by atoms with Gasteiger partial charge in [0.2, 0.25) is 0 Å². The Morgan fingerprint density at radius 3 is 2.22 bits per heavy atom. The number of rotatable bonds is 8. The smallest absolute Gasteiger partial charge is 0.166 e. The molecule has 0 aromatic rings. The number of nitrogens with one attached hydrogen (secondary N) is 3. The average Bonchev–Trinajstić information content (AvgIpc) is 2.28. The number of hydrogen-bond acceptors (Lipinski definition) is 3. The summed E-state index contributed by atoms with van der Waals surface area (Å²) in [6.45, 7) is 10.2. The Bertz CT molecular complexity index is 255. The topological polar surface area (TPSA) is 45.3 Å². The van der Waals surface area contributed by atoms with Crippen LogP contribution in [0.2, 0.25) is 0 Å². The van der Waals surface area contributed by atoms with E-state index in [1.54, 1.807) is 0 Å². The van der Waals surface area contributed by atoms with Gasteiger partial charge in [0.15, 0.2) is 5.11 Å². The fourth-order valence-corrected chi connectivity index (χ4v) is 1.45. The van der Waals surface area contributed by atoms with E-state index >= 15 is 0 Å². The Kier molecular flexibility index (Phi) is 7.75. The van der Waals surface area contributed by atoms with Crippen molar-refractivity contribution in [2.45, 2.75) is 51.7 Å². The van der Waals surface area contributed by atoms with E-state index in [9.17, 15) is 0 Å². The van der Waals surface area contributed by atoms with Crippen molar-refractivity contribution in [1.82, 2.24) is 16.0 Å². The summed E-state index contributed by atoms with van der Waals surface area (Å²) >= 11 is 5.02. The van der Waals surface area contributed by atoms with Gasteiger partial charge in [0.25, 0.3) is 0 Å². The molecule has 0 rings (SSSR count). The molecule has 0 aliphatic heterocycles. The molecule has 0 amide bonds. The van der Waals surface area contributed by atoms with Gasteiger partial charge in [0.05, 0.1) is 5.60 Å². The lowest BCUT2D eigenvalue weighted by molar-refractivity contribution is -0.0293. The Labute approximate surface area is 117 Å². The van der Waals surface area contributed by atoms with Gasteiger partial charge in [-0.2, -0.15) is 0 Å². The van der Waals surface area contributed by atoms with Crippen LogP contribution in [0.5, 0.6) is 0 Å². The third-order valence-electron chi connectivity index (χ3n) is 3.14. The van der Waals surface area contributed by atoms with Crippen LogP contribution < -0.4 is 16.0 Å². The Balaban J connectivity index is 3.83. The monoisotopic (exact) mass is 275 g/mol. The van der Waals surface area contributed by atoms with E-state index in [4.69, 9.17) is 17.0 Å². The van der Waals surface area contributed by atoms with Gasteiger partial charge in [-0.1, -0.05) is 0 Å². The molecule has 0 saturated heterocycles. The largest absolute Gasteiger partial charge is 0.375 e. The van der Waals surface area contributed by atoms with Gasteiger partial charge in [-0.05, 0) is 59.8 Å². The van der Waals surface area contributed by atoms with Crippen molar-refractivity contribution in [1.29, 1.82) is 0 Å². The average molecular weight is 275 g/mol. The van der Waals surface area contributed by atoms with Crippen LogP contribution in [0.3, 0.4) is 0 Å². The van der Waals surface area contributed by atoms with Crippen LogP contribution in [0, 0.1) is 0 Å². The lowest BCUT2D eigenvalue weighted by Crippen LogP contribution is -2.40. The standard InChI is InChI=1S/C13H29N3OS/c1-12(2,15-6)8-10-17-13(3,4)7-9-16-11(18)14-5/h15H,7-10H2,1-6H3,(H2,14,16,18). The maximum atomic E-state index is 5.94. The van der Waals surface area contributed by atoms with Gasteiger partial charge >= 0.3 is 0 Å². The quantitative estimate of drug-likeness (QED) is 0.588. The van der Waals surface area contributed by atoms with Gasteiger partial charge in [-0.15, -0.1) is 0 Å². The lowest BCUT2D eigenvalue weighted by atomic mass is 10.0. The van der Waals surface area contributed by atoms with Gasteiger partial charge in [0.1, 0.15) is 0 Å². The first-order valence-corrected chi connectivity index (χ1v) is 6.92. The predicted molar refractivity (Wildman–Crippen MR) is 82.1 cm³/mol. The normalized spacial score (nSPS) is 12.3. The van der Waals surface area contributed by atoms with Gasteiger partial charge in [-0.25, -0.2) is 0 Å². The first-order valence-electron chi connectivity index (χ1n) is 6.51. The van der Waals surface area contributed by atoms with Crippen molar-refractivity contribution in [2.24, 2.45) is 0 Å². The maximum absolute atomic E-state index is 5.94. The summed E-state index contributed by atoms with van der Waals surface area (Å²) in [5.74, 6) is 0. The van der Waals surface area contributed by atoms with E-state index in [0.717, 1.165) is 26.0 Å². The van der Waals surface area contributed by atoms with Crippen LogP contribution in [0.1, 0.15) is 40.5 Å². The van der Waals surface area contributed by atoms with Gasteiger partial charge < -0.3 is 20.7 Å². The highest BCUT2D eigenvalue weighted by atomic mass is 32.1. The first-order chi connectivity index (χ1) is 8.22. The van der Waals surface area contributed by atoms with Crippen molar-refractivity contribution in [2.75, 3.05) is 27.2 Å². The van der Waals surface area contributed by atoms with Crippen LogP contribution in [0.15, 0.2) is 0 Å². The molecule has 0 heterocycles. The second-order valence-electron chi connectivity index (χ2n) is 5.75. The number of hydrogen-bond donors (Lipinski definition) is 3. The lowest BCUT2D eigenvalue weighted by Gasteiger charge is -2.29. The summed E-state index contributed by atoms with van der Waals surface area (Å²) in [7, 11) is 3.80. The second kappa shape index (κ2) is 7.92.